The Morgan fingerprint density at radius 3 is 2.84 bits per heavy atom. The van der Waals surface area contributed by atoms with Crippen LogP contribution in [0.4, 0.5) is 19.0 Å². The highest BCUT2D eigenvalue weighted by molar-refractivity contribution is 7.18. The number of aromatic amines is 1. The van der Waals surface area contributed by atoms with Gasteiger partial charge in [0.25, 0.3) is 0 Å². The smallest absolute Gasteiger partial charge is 0.367 e. The maximum atomic E-state index is 13.0. The number of aryl methyl sites for hydroxylation is 1. The Labute approximate surface area is 260 Å². The number of nitrogens with zero attached hydrogens (tertiary/aromatic N) is 6. The molecule has 4 aromatic heterocycles. The normalized spacial score (nSPS) is 17.4. The van der Waals surface area contributed by atoms with E-state index >= 15 is 0 Å². The molecule has 0 spiro atoms. The van der Waals surface area contributed by atoms with Crippen molar-refractivity contribution in [3.63, 3.8) is 0 Å². The van der Waals surface area contributed by atoms with Gasteiger partial charge in [-0.15, -0.1) is 11.3 Å². The number of likely N-dealkylation sites (tertiary alicyclic amines) is 1. The molecule has 6 rings (SSSR count). The molecule has 5 aromatic rings. The lowest BCUT2D eigenvalue weighted by atomic mass is 9.98. The molecule has 0 radical (unpaired) electrons. The Morgan fingerprint density at radius 2 is 2.11 bits per heavy atom. The molecule has 0 aliphatic carbocycles. The van der Waals surface area contributed by atoms with Gasteiger partial charge < -0.3 is 15.2 Å². The summed E-state index contributed by atoms with van der Waals surface area (Å²) in [6.07, 6.45) is 1.72. The minimum atomic E-state index is -4.31. The molecule has 0 saturated carbocycles. The number of carbonyl (C=O) groups excluding carboxylic acids is 1. The van der Waals surface area contributed by atoms with Crippen LogP contribution in [0.1, 0.15) is 40.1 Å². The lowest BCUT2D eigenvalue weighted by Crippen LogP contribution is -2.54. The maximum absolute atomic E-state index is 13.0. The first-order chi connectivity index (χ1) is 21.6. The fourth-order valence-corrected chi connectivity index (χ4v) is 6.95. The van der Waals surface area contributed by atoms with Gasteiger partial charge in [0.1, 0.15) is 28.7 Å². The Kier molecular flexibility index (Phi) is 8.30. The summed E-state index contributed by atoms with van der Waals surface area (Å²) >= 11 is 1.01. The van der Waals surface area contributed by atoms with Gasteiger partial charge in [0.2, 0.25) is 5.91 Å². The molecule has 0 bridgehead atoms. The summed E-state index contributed by atoms with van der Waals surface area (Å²) in [4.78, 5) is 23.8. The second kappa shape index (κ2) is 12.3. The summed E-state index contributed by atoms with van der Waals surface area (Å²) in [5.74, 6) is 0.179. The molecule has 1 amide bonds. The SMILES string of the molecule is C=CC(=O)NC1CC(Nc2ncnc3sc(CC(F)(F)F)cc23)CCN1Cc1ccc2c(cc(C#N)n2Cc2cn[nH]c2)c1C. The fraction of sp³-hybridized carbons (Fsp3) is 0.323. The Hall–Kier alpha value is -4.74. The average Bonchev–Trinajstić information content (AvgIpc) is 3.74. The second-order valence-corrected chi connectivity index (χ2v) is 12.2. The Balaban J connectivity index is 1.22. The molecule has 3 N–H and O–H groups in total. The molecule has 14 heteroatoms. The van der Waals surface area contributed by atoms with Crippen LogP contribution in [0.3, 0.4) is 0 Å². The van der Waals surface area contributed by atoms with Gasteiger partial charge in [0.05, 0.1) is 30.7 Å². The molecule has 2 unspecified atom stereocenters. The van der Waals surface area contributed by atoms with Crippen molar-refractivity contribution in [2.24, 2.45) is 0 Å². The zero-order chi connectivity index (χ0) is 31.7. The van der Waals surface area contributed by atoms with Crippen LogP contribution >= 0.6 is 11.3 Å². The molecule has 1 aromatic carbocycles. The highest BCUT2D eigenvalue weighted by Crippen LogP contribution is 2.34. The molecule has 1 saturated heterocycles. The number of carbonyl (C=O) groups is 1. The molecule has 2 atom stereocenters. The zero-order valence-corrected chi connectivity index (χ0v) is 25.2. The predicted molar refractivity (Wildman–Crippen MR) is 165 cm³/mol. The van der Waals surface area contributed by atoms with Gasteiger partial charge in [-0.05, 0) is 48.7 Å². The summed E-state index contributed by atoms with van der Waals surface area (Å²) < 4.78 is 41.0. The second-order valence-electron chi connectivity index (χ2n) is 11.1. The van der Waals surface area contributed by atoms with Gasteiger partial charge >= 0.3 is 6.18 Å². The third-order valence-electron chi connectivity index (χ3n) is 8.15. The van der Waals surface area contributed by atoms with E-state index in [1.54, 1.807) is 6.20 Å². The lowest BCUT2D eigenvalue weighted by Gasteiger charge is -2.40. The van der Waals surface area contributed by atoms with Crippen LogP contribution in [0, 0.1) is 18.3 Å². The average molecular weight is 634 g/mol. The number of alkyl halides is 3. The number of nitriles is 1. The Bertz CT molecular complexity index is 1910. The van der Waals surface area contributed by atoms with E-state index in [-0.39, 0.29) is 23.0 Å². The number of nitrogens with one attached hydrogen (secondary N) is 3. The molecular weight excluding hydrogens is 603 g/mol. The number of aromatic nitrogens is 5. The Morgan fingerprint density at radius 1 is 1.27 bits per heavy atom. The van der Waals surface area contributed by atoms with Gasteiger partial charge in [0, 0.05) is 53.1 Å². The van der Waals surface area contributed by atoms with E-state index in [0.29, 0.717) is 54.2 Å². The molecule has 1 fully saturated rings. The van der Waals surface area contributed by atoms with Gasteiger partial charge in [-0.1, -0.05) is 12.6 Å². The number of halogens is 3. The van der Waals surface area contributed by atoms with Gasteiger partial charge in [-0.2, -0.15) is 23.5 Å². The number of fused-ring (bicyclic) bond motifs is 2. The van der Waals surface area contributed by atoms with Crippen LogP contribution in [0.2, 0.25) is 0 Å². The zero-order valence-electron chi connectivity index (χ0n) is 24.4. The predicted octanol–water partition coefficient (Wildman–Crippen LogP) is 5.41. The van der Waals surface area contributed by atoms with Crippen molar-refractivity contribution in [3.05, 3.63) is 82.9 Å². The van der Waals surface area contributed by atoms with Gasteiger partial charge in [-0.3, -0.25) is 14.8 Å². The van der Waals surface area contributed by atoms with Crippen LogP contribution in [0.5, 0.6) is 0 Å². The van der Waals surface area contributed by atoms with Crippen LogP contribution < -0.4 is 10.6 Å². The lowest BCUT2D eigenvalue weighted by molar-refractivity contribution is -0.126. The number of H-pyrrole nitrogens is 1. The van der Waals surface area contributed by atoms with E-state index in [2.05, 4.69) is 54.4 Å². The highest BCUT2D eigenvalue weighted by Gasteiger charge is 2.32. The maximum Gasteiger partial charge on any atom is 0.393 e. The van der Waals surface area contributed by atoms with Crippen molar-refractivity contribution >= 4 is 44.2 Å². The quantitative estimate of drug-likeness (QED) is 0.185. The van der Waals surface area contributed by atoms with E-state index in [9.17, 15) is 23.2 Å². The van der Waals surface area contributed by atoms with Gasteiger partial charge in [-0.25, -0.2) is 9.97 Å². The summed E-state index contributed by atoms with van der Waals surface area (Å²) in [6.45, 7) is 7.36. The first-order valence-corrected chi connectivity index (χ1v) is 15.2. The van der Waals surface area contributed by atoms with E-state index in [1.165, 1.54) is 18.5 Å². The van der Waals surface area contributed by atoms with E-state index in [1.807, 2.05) is 29.8 Å². The number of thiophene rings is 1. The van der Waals surface area contributed by atoms with Crippen LogP contribution in [-0.2, 0) is 24.3 Å². The third-order valence-corrected chi connectivity index (χ3v) is 9.20. The number of piperidine rings is 1. The van der Waals surface area contributed by atoms with Gasteiger partial charge in [0.15, 0.2) is 0 Å². The third kappa shape index (κ3) is 6.54. The number of hydrogen-bond acceptors (Lipinski definition) is 8. The van der Waals surface area contributed by atoms with Crippen LogP contribution in [0.25, 0.3) is 21.1 Å². The van der Waals surface area contributed by atoms with Crippen molar-refractivity contribution in [2.45, 2.75) is 57.7 Å². The molecule has 5 heterocycles. The molecular formula is C31H30F3N9OS. The molecule has 10 nitrogen and oxygen atoms in total. The van der Waals surface area contributed by atoms with Crippen molar-refractivity contribution in [1.82, 2.24) is 34.9 Å². The summed E-state index contributed by atoms with van der Waals surface area (Å²) in [5, 5.41) is 24.7. The summed E-state index contributed by atoms with van der Waals surface area (Å²) in [6, 6.07) is 9.71. The number of amides is 1. The standard InChI is InChI=1S/C31H30F3N9OS/c1-3-28(44)41-27-8-21(40-29-25-10-23(11-31(32,33)34)45-30(25)37-17-36-29)6-7-42(27)16-20-4-5-26-24(18(20)2)9-22(12-35)43(26)15-19-13-38-39-14-19/h3-5,9-10,13-14,17,21,27H,1,6-8,11,15-16H2,2H3,(H,38,39)(H,41,44)(H,36,37,40). The number of anilines is 1. The van der Waals surface area contributed by atoms with Crippen LogP contribution in [-0.4, -0.2) is 60.5 Å². The molecule has 1 aliphatic rings. The van der Waals surface area contributed by atoms with Crippen molar-refractivity contribution in [2.75, 3.05) is 11.9 Å². The first-order valence-electron chi connectivity index (χ1n) is 14.3. The number of hydrogen-bond donors (Lipinski definition) is 3. The molecule has 1 aliphatic heterocycles. The summed E-state index contributed by atoms with van der Waals surface area (Å²) in [7, 11) is 0. The monoisotopic (exact) mass is 633 g/mol. The van der Waals surface area contributed by atoms with E-state index < -0.39 is 12.6 Å². The minimum absolute atomic E-state index is 0.0980. The van der Waals surface area contributed by atoms with E-state index in [4.69, 9.17) is 0 Å². The molecule has 45 heavy (non-hydrogen) atoms. The minimum Gasteiger partial charge on any atom is -0.367 e. The summed E-state index contributed by atoms with van der Waals surface area (Å²) in [5.41, 5.74) is 4.61. The fourth-order valence-electron chi connectivity index (χ4n) is 5.93. The largest absolute Gasteiger partial charge is 0.393 e. The van der Waals surface area contributed by atoms with Crippen molar-refractivity contribution in [3.8, 4) is 6.07 Å². The highest BCUT2D eigenvalue weighted by atomic mass is 32.1. The molecule has 232 valence electrons. The van der Waals surface area contributed by atoms with Crippen molar-refractivity contribution < 1.29 is 18.0 Å². The first kappa shape index (κ1) is 30.3. The van der Waals surface area contributed by atoms with E-state index in [0.717, 1.165) is 38.9 Å². The number of benzene rings is 1. The van der Waals surface area contributed by atoms with Crippen molar-refractivity contribution in [1.29, 1.82) is 5.26 Å². The van der Waals surface area contributed by atoms with Crippen LogP contribution in [0.15, 0.2) is 55.6 Å². The number of rotatable bonds is 9. The topological polar surface area (TPSA) is 128 Å².